The van der Waals surface area contributed by atoms with Crippen LogP contribution in [0, 0.1) is 0 Å². The minimum atomic E-state index is -4.97. The summed E-state index contributed by atoms with van der Waals surface area (Å²) in [5.41, 5.74) is 0. The molecule has 0 spiro atoms. The molecule has 98 heavy (non-hydrogen) atoms. The Balaban J connectivity index is 5.31. The third kappa shape index (κ3) is 71.7. The first-order valence-corrected chi connectivity index (χ1v) is 43.2. The molecular weight excluding hydrogens is 1280 g/mol. The summed E-state index contributed by atoms with van der Waals surface area (Å²) in [4.78, 5) is 72.9. The standard InChI is InChI=1S/C79H148O17P2/c1-5-9-13-17-21-25-29-33-36-40-43-47-51-55-59-63-76(81)89-69-74(95-78(83)65-61-57-53-49-45-39-32-28-24-20-16-12-8-4)71-93-97(85,86)91-67-73(80)68-92-98(87,88)94-72-75(96-79(84)66-62-58-54-50-46-42-38-35-31-27-23-19-15-11-7-3)70-90-77(82)64-60-56-52-48-44-41-37-34-30-26-22-18-14-10-6-2/h25-26,29-30,35,38,73-75,80H,5-24,27-28,31-34,36-37,39-72H2,1-4H3,(H,85,86)(H,87,88)/b29-25-,30-26-,38-35-/t73-,74+,75+/m0/s1. The van der Waals surface area contributed by atoms with Crippen LogP contribution in [0.3, 0.4) is 0 Å². The van der Waals surface area contributed by atoms with Crippen molar-refractivity contribution in [2.24, 2.45) is 0 Å². The van der Waals surface area contributed by atoms with E-state index in [-0.39, 0.29) is 25.7 Å². The van der Waals surface area contributed by atoms with Gasteiger partial charge < -0.3 is 33.8 Å². The number of carbonyl (C=O) groups excluding carboxylic acids is 4. The topological polar surface area (TPSA) is 237 Å². The summed E-state index contributed by atoms with van der Waals surface area (Å²) in [7, 11) is -9.93. The molecule has 0 aromatic carbocycles. The Hall–Kier alpha value is -2.72. The second kappa shape index (κ2) is 72.6. The molecule has 0 amide bonds. The second-order valence-corrected chi connectivity index (χ2v) is 30.3. The van der Waals surface area contributed by atoms with Gasteiger partial charge in [0.1, 0.15) is 19.3 Å². The molecule has 19 heteroatoms. The fourth-order valence-electron chi connectivity index (χ4n) is 11.4. The van der Waals surface area contributed by atoms with Crippen LogP contribution in [-0.2, 0) is 65.4 Å². The maximum atomic E-state index is 13.1. The second-order valence-electron chi connectivity index (χ2n) is 27.4. The largest absolute Gasteiger partial charge is 0.472 e. The highest BCUT2D eigenvalue weighted by Gasteiger charge is 2.30. The molecule has 0 saturated carbocycles. The van der Waals surface area contributed by atoms with Gasteiger partial charge in [0.05, 0.1) is 26.4 Å². The molecule has 2 unspecified atom stereocenters. The summed E-state index contributed by atoms with van der Waals surface area (Å²) >= 11 is 0. The number of hydrogen-bond acceptors (Lipinski definition) is 15. The van der Waals surface area contributed by atoms with Gasteiger partial charge >= 0.3 is 39.5 Å². The molecule has 0 aliphatic heterocycles. The number of phosphoric ester groups is 2. The van der Waals surface area contributed by atoms with Crippen molar-refractivity contribution in [1.82, 2.24) is 0 Å². The summed E-state index contributed by atoms with van der Waals surface area (Å²) in [5, 5.41) is 10.6. The van der Waals surface area contributed by atoms with Gasteiger partial charge in [0.2, 0.25) is 0 Å². The first-order chi connectivity index (χ1) is 47.7. The molecule has 0 saturated heterocycles. The number of ether oxygens (including phenoxy) is 4. The SMILES string of the molecule is CCCCCC/C=C\CCCCCCCCCC(=O)OC[C@H](COP(=O)(O)OC[C@@H](O)COP(=O)(O)OC[C@@H](COC(=O)CCCCCCCCC/C=C\CCCCCC)OC(=O)CCCCCCCCCCCCCCC)OC(=O)CCCCCCC/C=C\CCCCCCCC. The minimum Gasteiger partial charge on any atom is -0.462 e. The third-order valence-corrected chi connectivity index (χ3v) is 19.5. The summed E-state index contributed by atoms with van der Waals surface area (Å²) in [5.74, 6) is -2.15. The van der Waals surface area contributed by atoms with Crippen molar-refractivity contribution in [3.05, 3.63) is 36.5 Å². The lowest BCUT2D eigenvalue weighted by Crippen LogP contribution is -2.30. The zero-order valence-corrected chi connectivity index (χ0v) is 64.8. The number of allylic oxidation sites excluding steroid dienone is 6. The predicted octanol–water partition coefficient (Wildman–Crippen LogP) is 23.1. The van der Waals surface area contributed by atoms with Crippen LogP contribution in [0.2, 0.25) is 0 Å². The number of carbonyl (C=O) groups is 4. The molecule has 0 aromatic heterocycles. The Morgan fingerprint density at radius 1 is 0.276 bits per heavy atom. The average Bonchev–Trinajstić information content (AvgIpc) is 1.04. The quantitative estimate of drug-likeness (QED) is 0.0169. The van der Waals surface area contributed by atoms with Gasteiger partial charge in [-0.05, 0) is 103 Å². The lowest BCUT2D eigenvalue weighted by atomic mass is 10.0. The fraction of sp³-hybridized carbons (Fsp3) is 0.873. The molecule has 0 aliphatic rings. The number of aliphatic hydroxyl groups is 1. The van der Waals surface area contributed by atoms with Crippen molar-refractivity contribution in [3.8, 4) is 0 Å². The molecule has 0 heterocycles. The van der Waals surface area contributed by atoms with E-state index in [2.05, 4.69) is 64.2 Å². The zero-order valence-electron chi connectivity index (χ0n) is 63.0. The van der Waals surface area contributed by atoms with Crippen LogP contribution in [0.4, 0.5) is 0 Å². The molecule has 0 bridgehead atoms. The molecule has 576 valence electrons. The minimum absolute atomic E-state index is 0.0909. The third-order valence-electron chi connectivity index (χ3n) is 17.6. The Bertz CT molecular complexity index is 2000. The summed E-state index contributed by atoms with van der Waals surface area (Å²) in [6, 6.07) is 0. The number of aliphatic hydroxyl groups excluding tert-OH is 1. The van der Waals surface area contributed by atoms with Crippen LogP contribution in [0.25, 0.3) is 0 Å². The first-order valence-electron chi connectivity index (χ1n) is 40.2. The molecular formula is C79H148O17P2. The van der Waals surface area contributed by atoms with Gasteiger partial charge in [0.15, 0.2) is 12.2 Å². The van der Waals surface area contributed by atoms with E-state index in [9.17, 15) is 43.2 Å². The molecule has 0 rings (SSSR count). The van der Waals surface area contributed by atoms with Crippen molar-refractivity contribution in [3.63, 3.8) is 0 Å². The van der Waals surface area contributed by atoms with Crippen LogP contribution in [0.5, 0.6) is 0 Å². The predicted molar refractivity (Wildman–Crippen MR) is 400 cm³/mol. The summed E-state index contributed by atoms with van der Waals surface area (Å²) in [6.07, 6.45) is 68.3. The first kappa shape index (κ1) is 95.3. The van der Waals surface area contributed by atoms with Crippen LogP contribution in [0.15, 0.2) is 36.5 Å². The van der Waals surface area contributed by atoms with E-state index in [0.717, 1.165) is 141 Å². The van der Waals surface area contributed by atoms with Crippen molar-refractivity contribution in [1.29, 1.82) is 0 Å². The van der Waals surface area contributed by atoms with Gasteiger partial charge in [-0.2, -0.15) is 0 Å². The highest BCUT2D eigenvalue weighted by Crippen LogP contribution is 2.45. The number of rotatable bonds is 77. The van der Waals surface area contributed by atoms with Crippen LogP contribution < -0.4 is 0 Å². The normalized spacial score (nSPS) is 14.1. The maximum Gasteiger partial charge on any atom is 0.472 e. The van der Waals surface area contributed by atoms with Crippen molar-refractivity contribution >= 4 is 39.5 Å². The average molecular weight is 1430 g/mol. The van der Waals surface area contributed by atoms with E-state index in [4.69, 9.17) is 37.0 Å². The van der Waals surface area contributed by atoms with Crippen LogP contribution in [0.1, 0.15) is 387 Å². The molecule has 0 fully saturated rings. The lowest BCUT2D eigenvalue weighted by molar-refractivity contribution is -0.161. The molecule has 17 nitrogen and oxygen atoms in total. The van der Waals surface area contributed by atoms with E-state index >= 15 is 0 Å². The van der Waals surface area contributed by atoms with Gasteiger partial charge in [-0.15, -0.1) is 0 Å². The molecule has 5 atom stereocenters. The van der Waals surface area contributed by atoms with E-state index in [1.54, 1.807) is 0 Å². The van der Waals surface area contributed by atoms with Crippen molar-refractivity contribution < 1.29 is 80.2 Å². The van der Waals surface area contributed by atoms with Gasteiger partial charge in [-0.3, -0.25) is 37.3 Å². The Morgan fingerprint density at radius 2 is 0.469 bits per heavy atom. The summed E-state index contributed by atoms with van der Waals surface area (Å²) in [6.45, 7) is 4.92. The molecule has 0 aliphatic carbocycles. The monoisotopic (exact) mass is 1430 g/mol. The number of phosphoric acid groups is 2. The van der Waals surface area contributed by atoms with Crippen LogP contribution in [-0.4, -0.2) is 96.7 Å². The number of hydrogen-bond donors (Lipinski definition) is 3. The Kier molecular flexibility index (Phi) is 70.6. The highest BCUT2D eigenvalue weighted by molar-refractivity contribution is 7.47. The van der Waals surface area contributed by atoms with E-state index in [1.165, 1.54) is 167 Å². The molecule has 3 N–H and O–H groups in total. The zero-order chi connectivity index (χ0) is 71.8. The molecule has 0 radical (unpaired) electrons. The van der Waals surface area contributed by atoms with Gasteiger partial charge in [-0.25, -0.2) is 9.13 Å². The number of unbranched alkanes of at least 4 members (excludes halogenated alkanes) is 45. The molecule has 0 aromatic rings. The highest BCUT2D eigenvalue weighted by atomic mass is 31.2. The Morgan fingerprint density at radius 3 is 0.714 bits per heavy atom. The van der Waals surface area contributed by atoms with E-state index in [0.29, 0.717) is 25.7 Å². The fourth-order valence-corrected chi connectivity index (χ4v) is 13.0. The van der Waals surface area contributed by atoms with E-state index < -0.39 is 97.5 Å². The van der Waals surface area contributed by atoms with E-state index in [1.807, 2.05) is 0 Å². The smallest absolute Gasteiger partial charge is 0.462 e. The number of esters is 4. The van der Waals surface area contributed by atoms with Crippen molar-refractivity contribution in [2.45, 2.75) is 406 Å². The summed E-state index contributed by atoms with van der Waals surface area (Å²) < 4.78 is 68.6. The van der Waals surface area contributed by atoms with Gasteiger partial charge in [0.25, 0.3) is 0 Å². The van der Waals surface area contributed by atoms with Gasteiger partial charge in [-0.1, -0.05) is 295 Å². The lowest BCUT2D eigenvalue weighted by Gasteiger charge is -2.21. The van der Waals surface area contributed by atoms with Crippen LogP contribution >= 0.6 is 15.6 Å². The van der Waals surface area contributed by atoms with Gasteiger partial charge in [0, 0.05) is 25.7 Å². The van der Waals surface area contributed by atoms with Crippen molar-refractivity contribution in [2.75, 3.05) is 39.6 Å². The maximum absolute atomic E-state index is 13.1. The Labute approximate surface area is 598 Å².